The molecule has 0 saturated heterocycles. The first-order valence-electron chi connectivity index (χ1n) is 7.36. The Morgan fingerprint density at radius 1 is 1.48 bits per heavy atom. The van der Waals surface area contributed by atoms with E-state index in [0.717, 1.165) is 18.5 Å². The molecule has 2 aromatic rings. The number of aromatic nitrogens is 3. The average molecular weight is 288 g/mol. The molecule has 0 bridgehead atoms. The van der Waals surface area contributed by atoms with Crippen LogP contribution >= 0.6 is 0 Å². The van der Waals surface area contributed by atoms with Crippen LogP contribution in [0.15, 0.2) is 24.7 Å². The maximum absolute atomic E-state index is 11.6. The molecule has 6 heteroatoms. The summed E-state index contributed by atoms with van der Waals surface area (Å²) < 4.78 is 6.72. The fourth-order valence-electron chi connectivity index (χ4n) is 2.98. The Morgan fingerprint density at radius 3 is 3.00 bits per heavy atom. The number of carbonyl (C=O) groups is 1. The van der Waals surface area contributed by atoms with Crippen LogP contribution in [-0.4, -0.2) is 44.9 Å². The molecule has 112 valence electrons. The van der Waals surface area contributed by atoms with Gasteiger partial charge in [-0.25, -0.2) is 9.97 Å². The van der Waals surface area contributed by atoms with E-state index in [-0.39, 0.29) is 5.97 Å². The highest BCUT2D eigenvalue weighted by Gasteiger charge is 2.25. The molecule has 0 aromatic carbocycles. The van der Waals surface area contributed by atoms with Gasteiger partial charge in [0.2, 0.25) is 5.78 Å². The van der Waals surface area contributed by atoms with E-state index in [4.69, 9.17) is 4.74 Å². The van der Waals surface area contributed by atoms with Gasteiger partial charge in [0.25, 0.3) is 0 Å². The highest BCUT2D eigenvalue weighted by molar-refractivity contribution is 5.71. The summed E-state index contributed by atoms with van der Waals surface area (Å²) in [5.41, 5.74) is 0.935. The summed E-state index contributed by atoms with van der Waals surface area (Å²) >= 11 is 0. The Bertz CT molecular complexity index is 586. The summed E-state index contributed by atoms with van der Waals surface area (Å²) in [4.78, 5) is 22.6. The minimum absolute atomic E-state index is 0.191. The third-order valence-electron chi connectivity index (χ3n) is 4.05. The third-order valence-corrected chi connectivity index (χ3v) is 4.05. The fraction of sp³-hybridized carbons (Fsp3) is 0.533. The smallest absolute Gasteiger partial charge is 0.319 e. The molecule has 0 N–H and O–H groups in total. The summed E-state index contributed by atoms with van der Waals surface area (Å²) in [6.45, 7) is 0.978. The first-order chi connectivity index (χ1) is 10.3. The number of hydrogen-bond acceptors (Lipinski definition) is 5. The quantitative estimate of drug-likeness (QED) is 0.783. The lowest BCUT2D eigenvalue weighted by atomic mass is 10.2. The van der Waals surface area contributed by atoms with E-state index in [0.29, 0.717) is 24.9 Å². The molecule has 1 fully saturated rings. The minimum Gasteiger partial charge on any atom is -0.468 e. The molecule has 21 heavy (non-hydrogen) atoms. The van der Waals surface area contributed by atoms with Crippen LogP contribution in [0.2, 0.25) is 0 Å². The predicted octanol–water partition coefficient (Wildman–Crippen LogP) is 1.65. The molecule has 0 atom stereocenters. The van der Waals surface area contributed by atoms with Gasteiger partial charge < -0.3 is 4.74 Å². The number of fused-ring (bicyclic) bond motifs is 1. The van der Waals surface area contributed by atoms with E-state index in [1.165, 1.54) is 20.0 Å². The van der Waals surface area contributed by atoms with E-state index in [9.17, 15) is 4.79 Å². The summed E-state index contributed by atoms with van der Waals surface area (Å²) in [6.07, 6.45) is 10.4. The number of hydrogen-bond donors (Lipinski definition) is 0. The Hall–Kier alpha value is -1.95. The standard InChI is InChI=1S/C15H20N4O2/c1-21-14(20)11-19(13-5-2-3-6-13)10-12-9-18-8-4-7-16-15(18)17-12/h4,7-9,13H,2-3,5-6,10-11H2,1H3. The molecule has 0 aliphatic heterocycles. The number of nitrogens with zero attached hydrogens (tertiary/aromatic N) is 4. The zero-order chi connectivity index (χ0) is 14.7. The van der Waals surface area contributed by atoms with Crippen molar-refractivity contribution in [3.63, 3.8) is 0 Å². The molecule has 6 nitrogen and oxygen atoms in total. The van der Waals surface area contributed by atoms with Crippen LogP contribution in [0.4, 0.5) is 0 Å². The Balaban J connectivity index is 1.77. The van der Waals surface area contributed by atoms with Gasteiger partial charge in [-0.1, -0.05) is 12.8 Å². The molecule has 0 spiro atoms. The van der Waals surface area contributed by atoms with Crippen LogP contribution in [0.5, 0.6) is 0 Å². The van der Waals surface area contributed by atoms with Crippen molar-refractivity contribution in [2.45, 2.75) is 38.3 Å². The second-order valence-electron chi connectivity index (χ2n) is 5.48. The summed E-state index contributed by atoms with van der Waals surface area (Å²) in [7, 11) is 1.43. The molecule has 1 saturated carbocycles. The lowest BCUT2D eigenvalue weighted by molar-refractivity contribution is -0.142. The van der Waals surface area contributed by atoms with Gasteiger partial charge in [0, 0.05) is 31.2 Å². The summed E-state index contributed by atoms with van der Waals surface area (Å²) in [5, 5.41) is 0. The van der Waals surface area contributed by atoms with Crippen LogP contribution in [0.3, 0.4) is 0 Å². The van der Waals surface area contributed by atoms with Gasteiger partial charge in [0.1, 0.15) is 0 Å². The number of rotatable bonds is 5. The van der Waals surface area contributed by atoms with Crippen molar-refractivity contribution >= 4 is 11.7 Å². The molecule has 1 aliphatic carbocycles. The van der Waals surface area contributed by atoms with Gasteiger partial charge in [0.05, 0.1) is 19.3 Å². The van der Waals surface area contributed by atoms with Crippen LogP contribution < -0.4 is 0 Å². The number of esters is 1. The maximum Gasteiger partial charge on any atom is 0.319 e. The Labute approximate surface area is 123 Å². The molecular formula is C15H20N4O2. The fourth-order valence-corrected chi connectivity index (χ4v) is 2.98. The number of methoxy groups -OCH3 is 1. The molecule has 0 unspecified atom stereocenters. The predicted molar refractivity (Wildman–Crippen MR) is 77.7 cm³/mol. The molecule has 3 rings (SSSR count). The monoisotopic (exact) mass is 288 g/mol. The van der Waals surface area contributed by atoms with E-state index < -0.39 is 0 Å². The molecular weight excluding hydrogens is 268 g/mol. The molecule has 0 radical (unpaired) electrons. The Morgan fingerprint density at radius 2 is 2.29 bits per heavy atom. The van der Waals surface area contributed by atoms with Gasteiger partial charge in [0.15, 0.2) is 0 Å². The maximum atomic E-state index is 11.6. The van der Waals surface area contributed by atoms with Crippen molar-refractivity contribution in [2.24, 2.45) is 0 Å². The van der Waals surface area contributed by atoms with Crippen molar-refractivity contribution < 1.29 is 9.53 Å². The first kappa shape index (κ1) is 14.0. The zero-order valence-corrected chi connectivity index (χ0v) is 12.2. The zero-order valence-electron chi connectivity index (χ0n) is 12.2. The van der Waals surface area contributed by atoms with Crippen LogP contribution in [0.25, 0.3) is 5.78 Å². The van der Waals surface area contributed by atoms with E-state index in [1.807, 2.05) is 22.9 Å². The number of ether oxygens (including phenoxy) is 1. The van der Waals surface area contributed by atoms with Gasteiger partial charge in [-0.05, 0) is 18.9 Å². The van der Waals surface area contributed by atoms with Crippen molar-refractivity contribution in [1.82, 2.24) is 19.3 Å². The normalized spacial score (nSPS) is 15.9. The summed E-state index contributed by atoms with van der Waals surface area (Å²) in [5.74, 6) is 0.501. The van der Waals surface area contributed by atoms with E-state index in [2.05, 4.69) is 14.9 Å². The Kier molecular flexibility index (Phi) is 4.15. The van der Waals surface area contributed by atoms with Crippen molar-refractivity contribution in [2.75, 3.05) is 13.7 Å². The third kappa shape index (κ3) is 3.21. The van der Waals surface area contributed by atoms with Crippen molar-refractivity contribution in [3.8, 4) is 0 Å². The van der Waals surface area contributed by atoms with E-state index >= 15 is 0 Å². The highest BCUT2D eigenvalue weighted by Crippen LogP contribution is 2.24. The van der Waals surface area contributed by atoms with Crippen LogP contribution in [0, 0.1) is 0 Å². The van der Waals surface area contributed by atoms with Gasteiger partial charge >= 0.3 is 5.97 Å². The lowest BCUT2D eigenvalue weighted by Gasteiger charge is -2.26. The number of carbonyl (C=O) groups excluding carboxylic acids is 1. The molecule has 1 aliphatic rings. The SMILES string of the molecule is COC(=O)CN(Cc1cn2cccnc2n1)C1CCCC1. The lowest BCUT2D eigenvalue weighted by Crippen LogP contribution is -2.37. The van der Waals surface area contributed by atoms with Crippen molar-refractivity contribution in [1.29, 1.82) is 0 Å². The van der Waals surface area contributed by atoms with Gasteiger partial charge in [-0.15, -0.1) is 0 Å². The second-order valence-corrected chi connectivity index (χ2v) is 5.48. The molecule has 0 amide bonds. The van der Waals surface area contributed by atoms with Crippen LogP contribution in [0.1, 0.15) is 31.4 Å². The highest BCUT2D eigenvalue weighted by atomic mass is 16.5. The molecule has 2 aromatic heterocycles. The topological polar surface area (TPSA) is 59.7 Å². The van der Waals surface area contributed by atoms with Gasteiger partial charge in [-0.3, -0.25) is 14.1 Å². The van der Waals surface area contributed by atoms with E-state index in [1.54, 1.807) is 6.20 Å². The summed E-state index contributed by atoms with van der Waals surface area (Å²) in [6, 6.07) is 2.32. The largest absolute Gasteiger partial charge is 0.468 e. The van der Waals surface area contributed by atoms with Crippen LogP contribution in [-0.2, 0) is 16.1 Å². The van der Waals surface area contributed by atoms with Gasteiger partial charge in [-0.2, -0.15) is 0 Å². The molecule has 2 heterocycles. The second kappa shape index (κ2) is 6.22. The van der Waals surface area contributed by atoms with Crippen molar-refractivity contribution in [3.05, 3.63) is 30.4 Å². The number of imidazole rings is 1. The minimum atomic E-state index is -0.191. The average Bonchev–Trinajstić information content (AvgIpc) is 3.15. The first-order valence-corrected chi connectivity index (χ1v) is 7.36.